The molecule has 5 heteroatoms. The van der Waals surface area contributed by atoms with Crippen LogP contribution in [0.2, 0.25) is 0 Å². The first kappa shape index (κ1) is 14.3. The van der Waals surface area contributed by atoms with Gasteiger partial charge in [-0.05, 0) is 36.9 Å². The molecular formula is C12H15ClF3N. The van der Waals surface area contributed by atoms with Crippen molar-refractivity contribution in [2.24, 2.45) is 0 Å². The summed E-state index contributed by atoms with van der Waals surface area (Å²) in [5.41, 5.74) is 0.248. The van der Waals surface area contributed by atoms with Gasteiger partial charge in [0.05, 0.1) is 5.56 Å². The van der Waals surface area contributed by atoms with E-state index in [2.05, 4.69) is 5.32 Å². The van der Waals surface area contributed by atoms with Crippen molar-refractivity contribution in [2.45, 2.75) is 24.9 Å². The summed E-state index contributed by atoms with van der Waals surface area (Å²) in [4.78, 5) is 0. The van der Waals surface area contributed by atoms with Crippen molar-refractivity contribution in [2.75, 3.05) is 13.1 Å². The molecule has 0 radical (unpaired) electrons. The number of hydrogen-bond donors (Lipinski definition) is 1. The Morgan fingerprint density at radius 1 is 1.24 bits per heavy atom. The largest absolute Gasteiger partial charge is 0.416 e. The van der Waals surface area contributed by atoms with Crippen LogP contribution in [-0.2, 0) is 6.18 Å². The quantitative estimate of drug-likeness (QED) is 0.818. The highest BCUT2D eigenvalue weighted by molar-refractivity contribution is 5.85. The fourth-order valence-electron chi connectivity index (χ4n) is 2.11. The van der Waals surface area contributed by atoms with Crippen molar-refractivity contribution in [1.82, 2.24) is 5.32 Å². The number of rotatable bonds is 1. The third-order valence-electron chi connectivity index (χ3n) is 2.98. The zero-order valence-corrected chi connectivity index (χ0v) is 10.1. The molecule has 1 atom stereocenters. The third kappa shape index (κ3) is 3.61. The van der Waals surface area contributed by atoms with Gasteiger partial charge in [-0.15, -0.1) is 12.4 Å². The van der Waals surface area contributed by atoms with Crippen molar-refractivity contribution in [3.63, 3.8) is 0 Å². The summed E-state index contributed by atoms with van der Waals surface area (Å²) in [5.74, 6) is 0.219. The molecular weight excluding hydrogens is 251 g/mol. The molecule has 1 fully saturated rings. The second-order valence-corrected chi connectivity index (χ2v) is 4.17. The lowest BCUT2D eigenvalue weighted by Gasteiger charge is -2.23. The molecule has 1 unspecified atom stereocenters. The van der Waals surface area contributed by atoms with Gasteiger partial charge >= 0.3 is 6.18 Å². The summed E-state index contributed by atoms with van der Waals surface area (Å²) in [6, 6.07) is 5.68. The van der Waals surface area contributed by atoms with E-state index in [0.29, 0.717) is 0 Å². The summed E-state index contributed by atoms with van der Waals surface area (Å²) in [6.45, 7) is 1.75. The van der Waals surface area contributed by atoms with E-state index in [9.17, 15) is 13.2 Å². The minimum Gasteiger partial charge on any atom is -0.316 e. The van der Waals surface area contributed by atoms with Gasteiger partial charge in [0.1, 0.15) is 0 Å². The van der Waals surface area contributed by atoms with E-state index >= 15 is 0 Å². The van der Waals surface area contributed by atoms with Crippen LogP contribution in [0.25, 0.3) is 0 Å². The van der Waals surface area contributed by atoms with Crippen molar-refractivity contribution in [1.29, 1.82) is 0 Å². The number of hydrogen-bond acceptors (Lipinski definition) is 1. The van der Waals surface area contributed by atoms with Crippen LogP contribution in [0.1, 0.15) is 29.9 Å². The van der Waals surface area contributed by atoms with Gasteiger partial charge in [-0.1, -0.05) is 18.2 Å². The number of halogens is 4. The lowest BCUT2D eigenvalue weighted by atomic mass is 9.91. The average Bonchev–Trinajstić information content (AvgIpc) is 2.29. The second kappa shape index (κ2) is 5.74. The van der Waals surface area contributed by atoms with E-state index in [1.807, 2.05) is 0 Å². The topological polar surface area (TPSA) is 12.0 Å². The van der Waals surface area contributed by atoms with E-state index in [1.165, 1.54) is 12.1 Å². The molecule has 1 aromatic carbocycles. The van der Waals surface area contributed by atoms with E-state index < -0.39 is 11.7 Å². The SMILES string of the molecule is Cl.FC(F)(F)c1cccc(C2CCCNC2)c1. The van der Waals surface area contributed by atoms with Crippen LogP contribution >= 0.6 is 12.4 Å². The van der Waals surface area contributed by atoms with Crippen LogP contribution in [0.5, 0.6) is 0 Å². The molecule has 0 aliphatic carbocycles. The standard InChI is InChI=1S/C12H14F3N.ClH/c13-12(14,15)11-5-1-3-9(7-11)10-4-2-6-16-8-10;/h1,3,5,7,10,16H,2,4,6,8H2;1H. The maximum atomic E-state index is 12.5. The molecule has 1 aromatic rings. The summed E-state index contributed by atoms with van der Waals surface area (Å²) in [7, 11) is 0. The van der Waals surface area contributed by atoms with Gasteiger partial charge in [0, 0.05) is 6.54 Å². The lowest BCUT2D eigenvalue weighted by Crippen LogP contribution is -2.28. The molecule has 0 aromatic heterocycles. The zero-order valence-electron chi connectivity index (χ0n) is 9.26. The molecule has 1 nitrogen and oxygen atoms in total. The van der Waals surface area contributed by atoms with Gasteiger partial charge in [0.2, 0.25) is 0 Å². The lowest BCUT2D eigenvalue weighted by molar-refractivity contribution is -0.137. The first-order chi connectivity index (χ1) is 7.57. The van der Waals surface area contributed by atoms with E-state index in [0.717, 1.165) is 37.6 Å². The first-order valence-corrected chi connectivity index (χ1v) is 5.45. The molecule has 0 saturated carbocycles. The molecule has 0 spiro atoms. The van der Waals surface area contributed by atoms with Gasteiger partial charge in [0.25, 0.3) is 0 Å². The molecule has 1 aliphatic rings. The fraction of sp³-hybridized carbons (Fsp3) is 0.500. The van der Waals surface area contributed by atoms with Crippen LogP contribution in [-0.4, -0.2) is 13.1 Å². The highest BCUT2D eigenvalue weighted by Crippen LogP contribution is 2.32. The molecule has 1 aliphatic heterocycles. The number of nitrogens with one attached hydrogen (secondary N) is 1. The Hall–Kier alpha value is -0.740. The molecule has 1 N–H and O–H groups in total. The van der Waals surface area contributed by atoms with Crippen molar-refractivity contribution in [3.8, 4) is 0 Å². The van der Waals surface area contributed by atoms with Gasteiger partial charge in [0.15, 0.2) is 0 Å². The average molecular weight is 266 g/mol. The third-order valence-corrected chi connectivity index (χ3v) is 2.98. The maximum absolute atomic E-state index is 12.5. The van der Waals surface area contributed by atoms with Crippen LogP contribution in [0.15, 0.2) is 24.3 Å². The van der Waals surface area contributed by atoms with E-state index in [1.54, 1.807) is 6.07 Å². The van der Waals surface area contributed by atoms with E-state index in [4.69, 9.17) is 0 Å². The minimum absolute atomic E-state index is 0. The summed E-state index contributed by atoms with van der Waals surface area (Å²) in [5, 5.41) is 3.21. The second-order valence-electron chi connectivity index (χ2n) is 4.17. The highest BCUT2D eigenvalue weighted by Gasteiger charge is 2.31. The Labute approximate surface area is 105 Å². The number of benzene rings is 1. The fourth-order valence-corrected chi connectivity index (χ4v) is 2.11. The predicted octanol–water partition coefficient (Wildman–Crippen LogP) is 3.59. The smallest absolute Gasteiger partial charge is 0.316 e. The molecule has 2 rings (SSSR count). The van der Waals surface area contributed by atoms with Crippen molar-refractivity contribution >= 4 is 12.4 Å². The van der Waals surface area contributed by atoms with Gasteiger partial charge in [-0.25, -0.2) is 0 Å². The number of piperidine rings is 1. The van der Waals surface area contributed by atoms with Gasteiger partial charge < -0.3 is 5.32 Å². The Balaban J connectivity index is 0.00000144. The predicted molar refractivity (Wildman–Crippen MR) is 63.5 cm³/mol. The minimum atomic E-state index is -4.24. The Morgan fingerprint density at radius 3 is 2.59 bits per heavy atom. The van der Waals surface area contributed by atoms with Gasteiger partial charge in [-0.3, -0.25) is 0 Å². The van der Waals surface area contributed by atoms with Crippen molar-refractivity contribution < 1.29 is 13.2 Å². The van der Waals surface area contributed by atoms with Crippen LogP contribution < -0.4 is 5.32 Å². The van der Waals surface area contributed by atoms with Crippen LogP contribution in [0, 0.1) is 0 Å². The zero-order chi connectivity index (χ0) is 11.6. The normalized spacial score (nSPS) is 20.8. The van der Waals surface area contributed by atoms with E-state index in [-0.39, 0.29) is 18.3 Å². The maximum Gasteiger partial charge on any atom is 0.416 e. The molecule has 17 heavy (non-hydrogen) atoms. The summed E-state index contributed by atoms with van der Waals surface area (Å²) < 4.78 is 37.6. The number of alkyl halides is 3. The Kier molecular flexibility index (Phi) is 4.83. The molecule has 0 amide bonds. The Morgan fingerprint density at radius 2 is 2.00 bits per heavy atom. The molecule has 0 bridgehead atoms. The molecule has 1 heterocycles. The summed E-state index contributed by atoms with van der Waals surface area (Å²) in [6.07, 6.45) is -2.24. The highest BCUT2D eigenvalue weighted by atomic mass is 35.5. The molecule has 1 saturated heterocycles. The molecule has 96 valence electrons. The van der Waals surface area contributed by atoms with Crippen molar-refractivity contribution in [3.05, 3.63) is 35.4 Å². The first-order valence-electron chi connectivity index (χ1n) is 5.45. The summed E-state index contributed by atoms with van der Waals surface area (Å²) >= 11 is 0. The Bertz CT molecular complexity index is 359. The van der Waals surface area contributed by atoms with Crippen LogP contribution in [0.3, 0.4) is 0 Å². The van der Waals surface area contributed by atoms with Gasteiger partial charge in [-0.2, -0.15) is 13.2 Å². The van der Waals surface area contributed by atoms with Crippen LogP contribution in [0.4, 0.5) is 13.2 Å². The monoisotopic (exact) mass is 265 g/mol.